The number of aliphatic carboxylic acids is 2. The number of Topliss-reactive ketones (excluding diaryl/α,β-unsaturated/α-hetero) is 1. The zero-order valence-corrected chi connectivity index (χ0v) is 24.0. The van der Waals surface area contributed by atoms with Crippen molar-refractivity contribution in [3.8, 4) is 0 Å². The van der Waals surface area contributed by atoms with Gasteiger partial charge >= 0.3 is 11.9 Å². The minimum atomic E-state index is -1.26. The number of amides is 1. The Kier molecular flexibility index (Phi) is 11.5. The van der Waals surface area contributed by atoms with Crippen LogP contribution >= 0.6 is 0 Å². The molecule has 0 atom stereocenters. The Balaban J connectivity index is 0.000000467. The summed E-state index contributed by atoms with van der Waals surface area (Å²) in [4.78, 5) is 55.9. The van der Waals surface area contributed by atoms with Gasteiger partial charge < -0.3 is 24.4 Å². The fraction of sp³-hybridized carbons (Fsp3) is 0.387. The summed E-state index contributed by atoms with van der Waals surface area (Å²) >= 11 is 0. The van der Waals surface area contributed by atoms with Crippen LogP contribution in [0.1, 0.15) is 22.6 Å². The van der Waals surface area contributed by atoms with Crippen molar-refractivity contribution < 1.29 is 34.1 Å². The highest BCUT2D eigenvalue weighted by molar-refractivity contribution is 5.96. The van der Waals surface area contributed by atoms with Crippen molar-refractivity contribution in [2.75, 3.05) is 59.0 Å². The Hall–Kier alpha value is -4.39. The molecule has 0 aliphatic carbocycles. The minimum absolute atomic E-state index is 0.146. The number of aromatic nitrogens is 2. The van der Waals surface area contributed by atoms with Crippen LogP contribution in [0.5, 0.6) is 0 Å². The van der Waals surface area contributed by atoms with Crippen LogP contribution in [0, 0.1) is 0 Å². The Morgan fingerprint density at radius 3 is 2.05 bits per heavy atom. The van der Waals surface area contributed by atoms with Crippen LogP contribution in [0.4, 0.5) is 0 Å². The minimum Gasteiger partial charge on any atom is -0.478 e. The maximum absolute atomic E-state index is 12.7. The lowest BCUT2D eigenvalue weighted by molar-refractivity contribution is -0.137. The maximum atomic E-state index is 12.7. The largest absolute Gasteiger partial charge is 0.478 e. The van der Waals surface area contributed by atoms with Gasteiger partial charge in [-0.15, -0.1) is 0 Å². The molecule has 2 saturated heterocycles. The highest BCUT2D eigenvalue weighted by Crippen LogP contribution is 2.19. The first kappa shape index (κ1) is 31.5. The van der Waals surface area contributed by atoms with E-state index in [1.54, 1.807) is 0 Å². The van der Waals surface area contributed by atoms with Crippen molar-refractivity contribution in [1.29, 1.82) is 0 Å². The number of carbonyl (C=O) groups excluding carboxylic acids is 2. The highest BCUT2D eigenvalue weighted by atomic mass is 16.5. The van der Waals surface area contributed by atoms with Crippen LogP contribution in [0.2, 0.25) is 0 Å². The molecule has 12 nitrogen and oxygen atoms in total. The number of nitrogens with zero attached hydrogens (tertiary/aromatic N) is 5. The number of para-hydroxylation sites is 2. The molecule has 2 aromatic carbocycles. The van der Waals surface area contributed by atoms with E-state index in [1.807, 2.05) is 53.4 Å². The van der Waals surface area contributed by atoms with E-state index in [1.165, 1.54) is 0 Å². The predicted octanol–water partition coefficient (Wildman–Crippen LogP) is 2.00. The van der Waals surface area contributed by atoms with E-state index in [0.717, 1.165) is 55.1 Å². The van der Waals surface area contributed by atoms with E-state index in [4.69, 9.17) is 19.9 Å². The summed E-state index contributed by atoms with van der Waals surface area (Å²) in [6.07, 6.45) is 1.56. The molecular formula is C31H37N5O7. The van der Waals surface area contributed by atoms with E-state index >= 15 is 0 Å². The summed E-state index contributed by atoms with van der Waals surface area (Å²) in [6, 6.07) is 17.6. The lowest BCUT2D eigenvalue weighted by Gasteiger charge is -2.35. The van der Waals surface area contributed by atoms with Gasteiger partial charge in [-0.1, -0.05) is 42.5 Å². The van der Waals surface area contributed by atoms with Crippen molar-refractivity contribution in [3.05, 3.63) is 78.1 Å². The zero-order chi connectivity index (χ0) is 30.6. The number of carboxylic acids is 2. The number of carboxylic acid groups (broad SMARTS) is 2. The molecule has 5 rings (SSSR count). The molecule has 2 N–H and O–H groups in total. The van der Waals surface area contributed by atoms with E-state index in [9.17, 15) is 19.2 Å². The van der Waals surface area contributed by atoms with E-state index < -0.39 is 11.9 Å². The monoisotopic (exact) mass is 591 g/mol. The predicted molar refractivity (Wildman–Crippen MR) is 159 cm³/mol. The highest BCUT2D eigenvalue weighted by Gasteiger charge is 2.24. The summed E-state index contributed by atoms with van der Waals surface area (Å²) in [6.45, 7) is 8.00. The van der Waals surface area contributed by atoms with E-state index in [-0.39, 0.29) is 11.7 Å². The summed E-state index contributed by atoms with van der Waals surface area (Å²) in [5.74, 6) is -1.18. The first-order valence-corrected chi connectivity index (χ1v) is 14.3. The molecule has 12 heteroatoms. The molecule has 0 bridgehead atoms. The molecule has 2 fully saturated rings. The van der Waals surface area contributed by atoms with Crippen molar-refractivity contribution in [2.24, 2.45) is 0 Å². The average molecular weight is 592 g/mol. The lowest BCUT2D eigenvalue weighted by Crippen LogP contribution is -2.51. The number of morpholine rings is 1. The Morgan fingerprint density at radius 2 is 1.40 bits per heavy atom. The van der Waals surface area contributed by atoms with Crippen molar-refractivity contribution >= 4 is 34.7 Å². The second-order valence-electron chi connectivity index (χ2n) is 10.3. The van der Waals surface area contributed by atoms with Gasteiger partial charge in [0.2, 0.25) is 5.91 Å². The number of carbonyl (C=O) groups is 4. The van der Waals surface area contributed by atoms with Crippen molar-refractivity contribution in [1.82, 2.24) is 24.3 Å². The molecule has 3 heterocycles. The number of piperazine rings is 1. The second kappa shape index (κ2) is 15.7. The van der Waals surface area contributed by atoms with Crippen molar-refractivity contribution in [3.63, 3.8) is 0 Å². The number of benzene rings is 2. The third kappa shape index (κ3) is 9.57. The van der Waals surface area contributed by atoms with E-state index in [0.29, 0.717) is 58.0 Å². The number of hydrogen-bond donors (Lipinski definition) is 2. The fourth-order valence-corrected chi connectivity index (χ4v) is 5.03. The molecule has 0 spiro atoms. The number of aryl methyl sites for hydroxylation is 1. The van der Waals surface area contributed by atoms with Gasteiger partial charge in [-0.25, -0.2) is 14.6 Å². The lowest BCUT2D eigenvalue weighted by atomic mass is 10.1. The number of fused-ring (bicyclic) bond motifs is 1. The smallest absolute Gasteiger partial charge is 0.328 e. The third-order valence-electron chi connectivity index (χ3n) is 7.31. The number of hydrogen-bond acceptors (Lipinski definition) is 8. The number of ether oxygens (including phenoxy) is 1. The summed E-state index contributed by atoms with van der Waals surface area (Å²) in [5, 5.41) is 15.6. The zero-order valence-electron chi connectivity index (χ0n) is 24.0. The Labute approximate surface area is 249 Å². The molecule has 3 aromatic rings. The summed E-state index contributed by atoms with van der Waals surface area (Å²) in [5.41, 5.74) is 2.78. The molecule has 2 aliphatic heterocycles. The van der Waals surface area contributed by atoms with E-state index in [2.05, 4.69) is 20.4 Å². The summed E-state index contributed by atoms with van der Waals surface area (Å²) < 4.78 is 7.55. The molecule has 0 unspecified atom stereocenters. The molecule has 2 aliphatic rings. The number of rotatable bonds is 10. The van der Waals surface area contributed by atoms with Crippen molar-refractivity contribution in [2.45, 2.75) is 19.5 Å². The van der Waals surface area contributed by atoms with Gasteiger partial charge in [0.05, 0.1) is 37.3 Å². The Morgan fingerprint density at radius 1 is 0.791 bits per heavy atom. The quantitative estimate of drug-likeness (QED) is 0.265. The fourth-order valence-electron chi connectivity index (χ4n) is 5.03. The SMILES string of the molecule is O=C(CCn1c(CN2CCN(CC(=O)N3CCOCC3)CC2)nc2ccccc21)c1ccccc1.O=C(O)/C=C\C(=O)O. The van der Waals surface area contributed by atoms with Gasteiger partial charge in [0, 0.05) is 69.9 Å². The molecule has 0 radical (unpaired) electrons. The first-order chi connectivity index (χ1) is 20.8. The summed E-state index contributed by atoms with van der Waals surface area (Å²) in [7, 11) is 0. The van der Waals surface area contributed by atoms with Crippen LogP contribution < -0.4 is 0 Å². The van der Waals surface area contributed by atoms with Crippen LogP contribution in [0.3, 0.4) is 0 Å². The van der Waals surface area contributed by atoms with Crippen LogP contribution in [-0.4, -0.2) is 117 Å². The van der Waals surface area contributed by atoms with Gasteiger partial charge in [0.15, 0.2) is 5.78 Å². The first-order valence-electron chi connectivity index (χ1n) is 14.3. The molecular weight excluding hydrogens is 554 g/mol. The second-order valence-corrected chi connectivity index (χ2v) is 10.3. The molecule has 0 saturated carbocycles. The third-order valence-corrected chi connectivity index (χ3v) is 7.31. The van der Waals surface area contributed by atoms with Gasteiger partial charge in [-0.2, -0.15) is 0 Å². The average Bonchev–Trinajstić information content (AvgIpc) is 3.37. The van der Waals surface area contributed by atoms with Crippen LogP contribution in [-0.2, 0) is 32.2 Å². The van der Waals surface area contributed by atoms with Gasteiger partial charge in [0.25, 0.3) is 0 Å². The van der Waals surface area contributed by atoms with Gasteiger partial charge in [-0.05, 0) is 12.1 Å². The topological polar surface area (TPSA) is 146 Å². The molecule has 43 heavy (non-hydrogen) atoms. The van der Waals surface area contributed by atoms with Gasteiger partial charge in [0.1, 0.15) is 5.82 Å². The molecule has 1 aromatic heterocycles. The van der Waals surface area contributed by atoms with Crippen LogP contribution in [0.25, 0.3) is 11.0 Å². The normalized spacial score (nSPS) is 16.1. The standard InChI is InChI=1S/C27H33N5O3.C4H4O4/c33-25(22-6-2-1-3-7-22)10-11-32-24-9-5-4-8-23(24)28-26(32)20-29-12-14-30(15-13-29)21-27(34)31-16-18-35-19-17-31;5-3(6)1-2-4(7)8/h1-9H,10-21H2;1-2H,(H,5,6)(H,7,8)/b;2-1-. The van der Waals surface area contributed by atoms with Crippen LogP contribution in [0.15, 0.2) is 66.7 Å². The van der Waals surface area contributed by atoms with Gasteiger partial charge in [-0.3, -0.25) is 19.4 Å². The molecule has 228 valence electrons. The molecule has 1 amide bonds. The number of imidazole rings is 1. The Bertz CT molecular complexity index is 1410. The number of ketones is 1. The maximum Gasteiger partial charge on any atom is 0.328 e.